The maximum absolute atomic E-state index is 12.2. The van der Waals surface area contributed by atoms with Crippen LogP contribution in [0.3, 0.4) is 0 Å². The number of para-hydroxylation sites is 2. The van der Waals surface area contributed by atoms with Gasteiger partial charge in [0.1, 0.15) is 0 Å². The zero-order valence-electron chi connectivity index (χ0n) is 16.0. The molecule has 0 radical (unpaired) electrons. The van der Waals surface area contributed by atoms with E-state index in [1.54, 1.807) is 12.1 Å². The molecule has 2 amide bonds. The molecule has 0 heterocycles. The minimum Gasteiger partial charge on any atom is -0.490 e. The molecule has 6 nitrogen and oxygen atoms in total. The summed E-state index contributed by atoms with van der Waals surface area (Å²) in [4.78, 5) is 23.4. The Labute approximate surface area is 159 Å². The fourth-order valence-corrected chi connectivity index (χ4v) is 2.57. The molecule has 0 saturated heterocycles. The fraction of sp³-hybridized carbons (Fsp3) is 0.333. The van der Waals surface area contributed by atoms with Crippen LogP contribution in [0.2, 0.25) is 0 Å². The van der Waals surface area contributed by atoms with Gasteiger partial charge in [-0.15, -0.1) is 0 Å². The van der Waals surface area contributed by atoms with Crippen molar-refractivity contribution in [1.29, 1.82) is 0 Å². The molecule has 0 aromatic heterocycles. The third-order valence-electron chi connectivity index (χ3n) is 3.87. The standard InChI is InChI=1S/C21H26N2O4/c1-4-26-19-11-5-6-12-20(19)27-14-8-13-21(25)23-18-10-7-9-17(15(18)2)22-16(3)24/h5-7,9-12H,4,8,13-14H2,1-3H3,(H,22,24)(H,23,25). The first-order valence-electron chi connectivity index (χ1n) is 9.03. The van der Waals surface area contributed by atoms with Gasteiger partial charge in [0.25, 0.3) is 0 Å². The Morgan fingerprint density at radius 1 is 0.926 bits per heavy atom. The van der Waals surface area contributed by atoms with Crippen LogP contribution in [-0.4, -0.2) is 25.0 Å². The number of hydrogen-bond donors (Lipinski definition) is 2. The van der Waals surface area contributed by atoms with Gasteiger partial charge in [-0.05, 0) is 50.1 Å². The molecule has 2 aromatic carbocycles. The normalized spacial score (nSPS) is 10.2. The van der Waals surface area contributed by atoms with Crippen LogP contribution in [0.1, 0.15) is 32.3 Å². The molecule has 0 spiro atoms. The highest BCUT2D eigenvalue weighted by atomic mass is 16.5. The number of hydrogen-bond acceptors (Lipinski definition) is 4. The SMILES string of the molecule is CCOc1ccccc1OCCCC(=O)Nc1cccc(NC(C)=O)c1C. The van der Waals surface area contributed by atoms with Crippen molar-refractivity contribution in [2.45, 2.75) is 33.6 Å². The largest absolute Gasteiger partial charge is 0.490 e. The lowest BCUT2D eigenvalue weighted by molar-refractivity contribution is -0.116. The molecule has 2 rings (SSSR count). The summed E-state index contributed by atoms with van der Waals surface area (Å²) in [5.41, 5.74) is 2.20. The summed E-state index contributed by atoms with van der Waals surface area (Å²) in [6.45, 7) is 6.22. The van der Waals surface area contributed by atoms with E-state index in [2.05, 4.69) is 10.6 Å². The van der Waals surface area contributed by atoms with Crippen molar-refractivity contribution in [1.82, 2.24) is 0 Å². The predicted molar refractivity (Wildman–Crippen MR) is 106 cm³/mol. The van der Waals surface area contributed by atoms with Crippen LogP contribution in [0, 0.1) is 6.92 Å². The third kappa shape index (κ3) is 6.33. The number of anilines is 2. The van der Waals surface area contributed by atoms with Gasteiger partial charge < -0.3 is 20.1 Å². The lowest BCUT2D eigenvalue weighted by atomic mass is 10.1. The number of carbonyl (C=O) groups is 2. The maximum atomic E-state index is 12.2. The van der Waals surface area contributed by atoms with Crippen LogP contribution in [0.4, 0.5) is 11.4 Å². The molecule has 6 heteroatoms. The minimum absolute atomic E-state index is 0.0974. The smallest absolute Gasteiger partial charge is 0.224 e. The van der Waals surface area contributed by atoms with Crippen molar-refractivity contribution in [3.63, 3.8) is 0 Å². The summed E-state index contributed by atoms with van der Waals surface area (Å²) in [6.07, 6.45) is 0.914. The molecule has 0 aliphatic rings. The first kappa shape index (κ1) is 20.3. The van der Waals surface area contributed by atoms with Crippen LogP contribution in [0.5, 0.6) is 11.5 Å². The van der Waals surface area contributed by atoms with E-state index in [9.17, 15) is 9.59 Å². The number of carbonyl (C=O) groups excluding carboxylic acids is 2. The average Bonchev–Trinajstić information content (AvgIpc) is 2.63. The second kappa shape index (κ2) is 10.2. The maximum Gasteiger partial charge on any atom is 0.224 e. The second-order valence-corrected chi connectivity index (χ2v) is 6.04. The third-order valence-corrected chi connectivity index (χ3v) is 3.87. The van der Waals surface area contributed by atoms with Crippen molar-refractivity contribution in [3.8, 4) is 11.5 Å². The zero-order chi connectivity index (χ0) is 19.6. The van der Waals surface area contributed by atoms with E-state index >= 15 is 0 Å². The van der Waals surface area contributed by atoms with E-state index in [-0.39, 0.29) is 11.8 Å². The van der Waals surface area contributed by atoms with E-state index < -0.39 is 0 Å². The molecule has 0 unspecified atom stereocenters. The van der Waals surface area contributed by atoms with Gasteiger partial charge in [0.15, 0.2) is 11.5 Å². The highest BCUT2D eigenvalue weighted by molar-refractivity contribution is 5.95. The monoisotopic (exact) mass is 370 g/mol. The van der Waals surface area contributed by atoms with Gasteiger partial charge in [-0.2, -0.15) is 0 Å². The Hall–Kier alpha value is -3.02. The van der Waals surface area contributed by atoms with E-state index in [1.807, 2.05) is 44.2 Å². The first-order valence-corrected chi connectivity index (χ1v) is 9.03. The molecule has 0 saturated carbocycles. The molecule has 2 aromatic rings. The molecule has 0 aliphatic heterocycles. The van der Waals surface area contributed by atoms with E-state index in [1.165, 1.54) is 6.92 Å². The van der Waals surface area contributed by atoms with Crippen LogP contribution < -0.4 is 20.1 Å². The highest BCUT2D eigenvalue weighted by Gasteiger charge is 2.09. The fourth-order valence-electron chi connectivity index (χ4n) is 2.57. The van der Waals surface area contributed by atoms with Crippen molar-refractivity contribution < 1.29 is 19.1 Å². The molecular weight excluding hydrogens is 344 g/mol. The average molecular weight is 370 g/mol. The number of amides is 2. The Morgan fingerprint density at radius 2 is 1.56 bits per heavy atom. The van der Waals surface area contributed by atoms with Crippen molar-refractivity contribution in [3.05, 3.63) is 48.0 Å². The van der Waals surface area contributed by atoms with Gasteiger partial charge in [-0.25, -0.2) is 0 Å². The molecule has 2 N–H and O–H groups in total. The lowest BCUT2D eigenvalue weighted by Crippen LogP contribution is -2.15. The summed E-state index contributed by atoms with van der Waals surface area (Å²) in [5.74, 6) is 1.14. The van der Waals surface area contributed by atoms with Gasteiger partial charge in [0.2, 0.25) is 11.8 Å². The first-order chi connectivity index (χ1) is 13.0. The van der Waals surface area contributed by atoms with Crippen molar-refractivity contribution >= 4 is 23.2 Å². The number of nitrogens with one attached hydrogen (secondary N) is 2. The van der Waals surface area contributed by atoms with Crippen LogP contribution in [0.15, 0.2) is 42.5 Å². The minimum atomic E-state index is -0.147. The highest BCUT2D eigenvalue weighted by Crippen LogP contribution is 2.26. The van der Waals surface area contributed by atoms with Crippen molar-refractivity contribution in [2.75, 3.05) is 23.8 Å². The lowest BCUT2D eigenvalue weighted by Gasteiger charge is -2.13. The molecule has 27 heavy (non-hydrogen) atoms. The summed E-state index contributed by atoms with van der Waals surface area (Å²) in [6, 6.07) is 12.9. The molecule has 0 atom stereocenters. The van der Waals surface area contributed by atoms with Gasteiger partial charge in [-0.1, -0.05) is 18.2 Å². The molecule has 144 valence electrons. The van der Waals surface area contributed by atoms with E-state index in [0.717, 1.165) is 5.56 Å². The topological polar surface area (TPSA) is 76.7 Å². The number of ether oxygens (including phenoxy) is 2. The van der Waals surface area contributed by atoms with Crippen LogP contribution in [0.25, 0.3) is 0 Å². The Kier molecular flexibility index (Phi) is 7.67. The second-order valence-electron chi connectivity index (χ2n) is 6.04. The number of rotatable bonds is 9. The van der Waals surface area contributed by atoms with Gasteiger partial charge in [-0.3, -0.25) is 9.59 Å². The van der Waals surface area contributed by atoms with Crippen molar-refractivity contribution in [2.24, 2.45) is 0 Å². The van der Waals surface area contributed by atoms with E-state index in [4.69, 9.17) is 9.47 Å². The van der Waals surface area contributed by atoms with E-state index in [0.29, 0.717) is 48.9 Å². The summed E-state index contributed by atoms with van der Waals surface area (Å²) < 4.78 is 11.2. The van der Waals surface area contributed by atoms with Gasteiger partial charge in [0, 0.05) is 24.7 Å². The van der Waals surface area contributed by atoms with Crippen LogP contribution >= 0.6 is 0 Å². The quantitative estimate of drug-likeness (QED) is 0.650. The number of benzene rings is 2. The molecule has 0 bridgehead atoms. The Balaban J connectivity index is 1.83. The van der Waals surface area contributed by atoms with Crippen LogP contribution in [-0.2, 0) is 9.59 Å². The Morgan fingerprint density at radius 3 is 2.19 bits per heavy atom. The van der Waals surface area contributed by atoms with Gasteiger partial charge >= 0.3 is 0 Å². The molecule has 0 fully saturated rings. The van der Waals surface area contributed by atoms with Gasteiger partial charge in [0.05, 0.1) is 13.2 Å². The molecular formula is C21H26N2O4. The predicted octanol–water partition coefficient (Wildman–Crippen LogP) is 4.15. The summed E-state index contributed by atoms with van der Waals surface area (Å²) in [5, 5.41) is 5.63. The summed E-state index contributed by atoms with van der Waals surface area (Å²) >= 11 is 0. The summed E-state index contributed by atoms with van der Waals surface area (Å²) in [7, 11) is 0. The molecule has 0 aliphatic carbocycles. The zero-order valence-corrected chi connectivity index (χ0v) is 16.0. The Bertz CT molecular complexity index is 790.